The number of hydrogen-bond donors (Lipinski definition) is 0. The van der Waals surface area contributed by atoms with Crippen molar-refractivity contribution in [2.24, 2.45) is 28.6 Å². The zero-order valence-corrected chi connectivity index (χ0v) is 15.4. The third kappa shape index (κ3) is 2.04. The summed E-state index contributed by atoms with van der Waals surface area (Å²) < 4.78 is 2.20. The smallest absolute Gasteiger partial charge is 0.133 e. The lowest BCUT2D eigenvalue weighted by molar-refractivity contribution is -0.130. The third-order valence-electron chi connectivity index (χ3n) is 8.27. The number of imidazole rings is 1. The van der Waals surface area contributed by atoms with Crippen LogP contribution in [0.25, 0.3) is 5.70 Å². The van der Waals surface area contributed by atoms with E-state index in [1.54, 1.807) is 5.57 Å². The van der Waals surface area contributed by atoms with Crippen molar-refractivity contribution in [3.05, 3.63) is 36.4 Å². The third-order valence-corrected chi connectivity index (χ3v) is 8.27. The Labute approximate surface area is 150 Å². The lowest BCUT2D eigenvalue weighted by Gasteiger charge is -2.58. The summed E-state index contributed by atoms with van der Waals surface area (Å²) in [6.45, 7) is 4.94. The van der Waals surface area contributed by atoms with Crippen LogP contribution in [-0.4, -0.2) is 15.3 Å². The number of ketones is 1. The summed E-state index contributed by atoms with van der Waals surface area (Å²) >= 11 is 0. The summed E-state index contributed by atoms with van der Waals surface area (Å²) in [6.07, 6.45) is 18.4. The minimum absolute atomic E-state index is 0.162. The van der Waals surface area contributed by atoms with Gasteiger partial charge in [-0.05, 0) is 61.3 Å². The minimum atomic E-state index is 0.162. The van der Waals surface area contributed by atoms with Crippen LogP contribution in [-0.2, 0) is 4.79 Å². The summed E-state index contributed by atoms with van der Waals surface area (Å²) in [6, 6.07) is 0. The van der Waals surface area contributed by atoms with Crippen molar-refractivity contribution in [3.8, 4) is 0 Å². The number of hydrogen-bond acceptors (Lipinski definition) is 2. The molecule has 0 aromatic carbocycles. The van der Waals surface area contributed by atoms with E-state index in [0.717, 1.165) is 25.2 Å². The van der Waals surface area contributed by atoms with Gasteiger partial charge in [-0.15, -0.1) is 0 Å². The SMILES string of the molecule is CC12CCC3C(CCC4CC(=O)CCC43C)C1=CC=C2n1ccnc1. The fraction of sp³-hybridized carbons (Fsp3) is 0.636. The Balaban J connectivity index is 1.47. The van der Waals surface area contributed by atoms with Gasteiger partial charge < -0.3 is 4.57 Å². The molecule has 0 radical (unpaired) electrons. The van der Waals surface area contributed by atoms with Crippen molar-refractivity contribution < 1.29 is 4.79 Å². The Morgan fingerprint density at radius 1 is 1.16 bits per heavy atom. The second kappa shape index (κ2) is 5.18. The van der Waals surface area contributed by atoms with Gasteiger partial charge in [-0.2, -0.15) is 0 Å². The molecule has 0 spiro atoms. The molecule has 1 aromatic rings. The number of rotatable bonds is 1. The zero-order chi connectivity index (χ0) is 17.2. The molecule has 5 atom stereocenters. The van der Waals surface area contributed by atoms with Crippen molar-refractivity contribution >= 4 is 11.5 Å². The van der Waals surface area contributed by atoms with Crippen LogP contribution < -0.4 is 0 Å². The molecule has 0 saturated heterocycles. The largest absolute Gasteiger partial charge is 0.309 e. The van der Waals surface area contributed by atoms with Gasteiger partial charge in [0.25, 0.3) is 0 Å². The average molecular weight is 336 g/mol. The molecular formula is C22H28N2O. The molecule has 3 heteroatoms. The molecule has 3 fully saturated rings. The lowest BCUT2D eigenvalue weighted by Crippen LogP contribution is -2.51. The second-order valence-corrected chi connectivity index (χ2v) is 9.25. The van der Waals surface area contributed by atoms with Crippen LogP contribution in [0, 0.1) is 28.6 Å². The Bertz CT molecular complexity index is 774. The molecule has 5 rings (SSSR count). The fourth-order valence-corrected chi connectivity index (χ4v) is 6.79. The van der Waals surface area contributed by atoms with Gasteiger partial charge in [0.15, 0.2) is 0 Å². The lowest BCUT2D eigenvalue weighted by atomic mass is 9.46. The normalized spacial score (nSPS) is 43.0. The number of Topliss-reactive ketones (excluding diaryl/α,β-unsaturated/α-hetero) is 1. The van der Waals surface area contributed by atoms with Crippen LogP contribution in [0.1, 0.15) is 58.8 Å². The highest BCUT2D eigenvalue weighted by Crippen LogP contribution is 2.65. The van der Waals surface area contributed by atoms with E-state index in [1.165, 1.54) is 31.4 Å². The van der Waals surface area contributed by atoms with E-state index < -0.39 is 0 Å². The van der Waals surface area contributed by atoms with Gasteiger partial charge in [0, 0.05) is 36.3 Å². The molecule has 3 saturated carbocycles. The molecule has 0 aliphatic heterocycles. The Kier molecular flexibility index (Phi) is 3.24. The summed E-state index contributed by atoms with van der Waals surface area (Å²) in [5, 5.41) is 0. The summed E-state index contributed by atoms with van der Waals surface area (Å²) in [4.78, 5) is 16.3. The fourth-order valence-electron chi connectivity index (χ4n) is 6.79. The van der Waals surface area contributed by atoms with Gasteiger partial charge in [0.2, 0.25) is 0 Å². The van der Waals surface area contributed by atoms with Crippen molar-refractivity contribution in [1.29, 1.82) is 0 Å². The number of carbonyl (C=O) groups is 1. The monoisotopic (exact) mass is 336 g/mol. The second-order valence-electron chi connectivity index (χ2n) is 9.25. The highest BCUT2D eigenvalue weighted by atomic mass is 16.1. The van der Waals surface area contributed by atoms with Gasteiger partial charge in [0.1, 0.15) is 5.78 Å². The predicted molar refractivity (Wildman–Crippen MR) is 98.6 cm³/mol. The molecular weight excluding hydrogens is 308 g/mol. The molecule has 4 aliphatic carbocycles. The maximum Gasteiger partial charge on any atom is 0.133 e. The highest BCUT2D eigenvalue weighted by molar-refractivity contribution is 5.79. The molecule has 0 bridgehead atoms. The first-order valence-corrected chi connectivity index (χ1v) is 9.95. The van der Waals surface area contributed by atoms with Gasteiger partial charge in [0.05, 0.1) is 6.33 Å². The number of allylic oxidation sites excluding steroid dienone is 4. The average Bonchev–Trinajstić information content (AvgIpc) is 3.22. The Morgan fingerprint density at radius 2 is 2.04 bits per heavy atom. The first-order chi connectivity index (χ1) is 12.0. The van der Waals surface area contributed by atoms with Crippen LogP contribution in [0.4, 0.5) is 0 Å². The standard InChI is InChI=1S/C22H28N2O/c1-21-9-7-16(25)13-15(21)3-4-17-18-5-6-20(24-12-11-23-14-24)22(18,2)10-8-19(17)21/h5-6,11-12,14-15,17,19H,3-4,7-10,13H2,1-2H3. The van der Waals surface area contributed by atoms with Crippen molar-refractivity contribution in [1.82, 2.24) is 9.55 Å². The van der Waals surface area contributed by atoms with Crippen molar-refractivity contribution in [2.75, 3.05) is 0 Å². The summed E-state index contributed by atoms with van der Waals surface area (Å²) in [5.41, 5.74) is 3.58. The zero-order valence-electron chi connectivity index (χ0n) is 15.4. The summed E-state index contributed by atoms with van der Waals surface area (Å²) in [7, 11) is 0. The molecule has 4 aliphatic rings. The quantitative estimate of drug-likeness (QED) is 0.733. The van der Waals surface area contributed by atoms with Gasteiger partial charge >= 0.3 is 0 Å². The number of nitrogens with zero attached hydrogens (tertiary/aromatic N) is 2. The molecule has 1 aromatic heterocycles. The first-order valence-electron chi connectivity index (χ1n) is 9.95. The van der Waals surface area contributed by atoms with E-state index in [9.17, 15) is 4.79 Å². The van der Waals surface area contributed by atoms with Crippen LogP contribution in [0.15, 0.2) is 36.4 Å². The van der Waals surface area contributed by atoms with Gasteiger partial charge in [-0.25, -0.2) is 4.98 Å². The van der Waals surface area contributed by atoms with Crippen LogP contribution in [0.3, 0.4) is 0 Å². The van der Waals surface area contributed by atoms with Crippen molar-refractivity contribution in [2.45, 2.75) is 58.8 Å². The molecule has 25 heavy (non-hydrogen) atoms. The van der Waals surface area contributed by atoms with Crippen molar-refractivity contribution in [3.63, 3.8) is 0 Å². The van der Waals surface area contributed by atoms with Gasteiger partial charge in [-0.3, -0.25) is 4.79 Å². The molecule has 0 N–H and O–H groups in total. The van der Waals surface area contributed by atoms with E-state index in [0.29, 0.717) is 23.0 Å². The molecule has 1 heterocycles. The number of carbonyl (C=O) groups excluding carboxylic acids is 1. The first kappa shape index (κ1) is 15.6. The van der Waals surface area contributed by atoms with Gasteiger partial charge in [-0.1, -0.05) is 25.5 Å². The molecule has 3 nitrogen and oxygen atoms in total. The van der Waals surface area contributed by atoms with E-state index in [-0.39, 0.29) is 5.41 Å². The van der Waals surface area contributed by atoms with E-state index in [4.69, 9.17) is 0 Å². The van der Waals surface area contributed by atoms with Crippen LogP contribution >= 0.6 is 0 Å². The number of aromatic nitrogens is 2. The maximum absolute atomic E-state index is 12.0. The van der Waals surface area contributed by atoms with Crippen LogP contribution in [0.2, 0.25) is 0 Å². The molecule has 0 amide bonds. The highest BCUT2D eigenvalue weighted by Gasteiger charge is 2.56. The van der Waals surface area contributed by atoms with Crippen LogP contribution in [0.5, 0.6) is 0 Å². The molecule has 5 unspecified atom stereocenters. The topological polar surface area (TPSA) is 34.9 Å². The van der Waals surface area contributed by atoms with E-state index in [2.05, 4.69) is 41.7 Å². The molecule has 132 valence electrons. The van der Waals surface area contributed by atoms with E-state index >= 15 is 0 Å². The predicted octanol–water partition coefficient (Wildman–Crippen LogP) is 4.87. The Morgan fingerprint density at radius 3 is 2.84 bits per heavy atom. The number of fused-ring (bicyclic) bond motifs is 5. The Hall–Kier alpha value is -1.64. The maximum atomic E-state index is 12.0. The van der Waals surface area contributed by atoms with E-state index in [1.807, 2.05) is 12.5 Å². The summed E-state index contributed by atoms with van der Waals surface area (Å²) in [5.74, 6) is 2.59. The minimum Gasteiger partial charge on any atom is -0.309 e.